The van der Waals surface area contributed by atoms with Gasteiger partial charge in [-0.05, 0) is 6.42 Å². The predicted molar refractivity (Wildman–Crippen MR) is 55.6 cm³/mol. The lowest BCUT2D eigenvalue weighted by Gasteiger charge is -2.12. The molecule has 0 aliphatic heterocycles. The first kappa shape index (κ1) is 12.8. The number of hydrogen-bond donors (Lipinski definition) is 2. The van der Waals surface area contributed by atoms with Crippen LogP contribution in [0, 0.1) is 17.5 Å². The van der Waals surface area contributed by atoms with Gasteiger partial charge in [0, 0.05) is 18.2 Å². The number of nitrogens with one attached hydrogen (secondary N) is 1. The third-order valence-electron chi connectivity index (χ3n) is 2.26. The maximum atomic E-state index is 13.3. The van der Waals surface area contributed by atoms with Gasteiger partial charge >= 0.3 is 0 Å². The predicted octanol–water partition coefficient (Wildman–Crippen LogP) is 2.81. The molecular formula is C11H14F3NO. The van der Waals surface area contributed by atoms with E-state index in [0.29, 0.717) is 12.6 Å². The van der Waals surface area contributed by atoms with Gasteiger partial charge in [-0.15, -0.1) is 0 Å². The lowest BCUT2D eigenvalue weighted by Crippen LogP contribution is -2.09. The topological polar surface area (TPSA) is 32.3 Å². The summed E-state index contributed by atoms with van der Waals surface area (Å²) < 4.78 is 39.4. The molecule has 0 aliphatic rings. The number of halogens is 3. The van der Waals surface area contributed by atoms with Crippen molar-refractivity contribution in [1.29, 1.82) is 0 Å². The molecule has 0 amide bonds. The number of unbranched alkanes of at least 4 members (excludes halogenated alkanes) is 1. The first-order valence-electron chi connectivity index (χ1n) is 5.12. The van der Waals surface area contributed by atoms with E-state index in [0.717, 1.165) is 12.8 Å². The third kappa shape index (κ3) is 2.66. The van der Waals surface area contributed by atoms with Crippen LogP contribution in [-0.2, 0) is 6.61 Å². The van der Waals surface area contributed by atoms with E-state index in [9.17, 15) is 13.2 Å². The maximum absolute atomic E-state index is 13.3. The molecule has 0 radical (unpaired) electrons. The van der Waals surface area contributed by atoms with Crippen LogP contribution in [0.3, 0.4) is 0 Å². The summed E-state index contributed by atoms with van der Waals surface area (Å²) in [5, 5.41) is 11.6. The fourth-order valence-corrected chi connectivity index (χ4v) is 1.37. The van der Waals surface area contributed by atoms with Crippen LogP contribution < -0.4 is 5.32 Å². The Bertz CT molecular complexity index is 369. The normalized spacial score (nSPS) is 10.6. The van der Waals surface area contributed by atoms with Crippen LogP contribution in [0.1, 0.15) is 25.3 Å². The Morgan fingerprint density at radius 3 is 2.50 bits per heavy atom. The standard InChI is InChI=1S/C11H14F3NO/c1-2-3-4-15-11-7(6-16)10(14)8(12)5-9(11)13/h5,15-16H,2-4,6H2,1H3. The molecule has 2 N–H and O–H groups in total. The maximum Gasteiger partial charge on any atom is 0.166 e. The van der Waals surface area contributed by atoms with Crippen molar-refractivity contribution in [3.63, 3.8) is 0 Å². The van der Waals surface area contributed by atoms with Gasteiger partial charge in [0.2, 0.25) is 0 Å². The van der Waals surface area contributed by atoms with Crippen LogP contribution in [0.25, 0.3) is 0 Å². The number of aliphatic hydroxyl groups is 1. The van der Waals surface area contributed by atoms with E-state index in [1.165, 1.54) is 0 Å². The van der Waals surface area contributed by atoms with Gasteiger partial charge in [0.1, 0.15) is 5.82 Å². The second kappa shape index (κ2) is 5.75. The molecule has 16 heavy (non-hydrogen) atoms. The van der Waals surface area contributed by atoms with E-state index in [1.807, 2.05) is 6.92 Å². The Balaban J connectivity index is 3.01. The molecule has 2 nitrogen and oxygen atoms in total. The van der Waals surface area contributed by atoms with Crippen LogP contribution in [-0.4, -0.2) is 11.7 Å². The smallest absolute Gasteiger partial charge is 0.166 e. The molecule has 0 unspecified atom stereocenters. The third-order valence-corrected chi connectivity index (χ3v) is 2.26. The summed E-state index contributed by atoms with van der Waals surface area (Å²) in [4.78, 5) is 0. The van der Waals surface area contributed by atoms with Gasteiger partial charge < -0.3 is 10.4 Å². The van der Waals surface area contributed by atoms with Crippen LogP contribution in [0.2, 0.25) is 0 Å². The number of rotatable bonds is 5. The summed E-state index contributed by atoms with van der Waals surface area (Å²) in [6.07, 6.45) is 1.68. The molecular weight excluding hydrogens is 219 g/mol. The summed E-state index contributed by atoms with van der Waals surface area (Å²) in [7, 11) is 0. The van der Waals surface area contributed by atoms with Crippen molar-refractivity contribution >= 4 is 5.69 Å². The Kier molecular flexibility index (Phi) is 4.61. The molecule has 0 aliphatic carbocycles. The summed E-state index contributed by atoms with van der Waals surface area (Å²) in [6.45, 7) is 1.66. The fourth-order valence-electron chi connectivity index (χ4n) is 1.37. The molecule has 0 aromatic heterocycles. The number of aliphatic hydroxyl groups excluding tert-OH is 1. The molecule has 0 saturated heterocycles. The van der Waals surface area contributed by atoms with Crippen molar-refractivity contribution in [3.8, 4) is 0 Å². The fraction of sp³-hybridized carbons (Fsp3) is 0.455. The minimum Gasteiger partial charge on any atom is -0.391 e. The molecule has 90 valence electrons. The van der Waals surface area contributed by atoms with Crippen LogP contribution >= 0.6 is 0 Å². The van der Waals surface area contributed by atoms with E-state index >= 15 is 0 Å². The first-order valence-corrected chi connectivity index (χ1v) is 5.12. The zero-order valence-electron chi connectivity index (χ0n) is 8.99. The SMILES string of the molecule is CCCCNc1c(F)cc(F)c(F)c1CO. The molecule has 0 heterocycles. The number of hydrogen-bond acceptors (Lipinski definition) is 2. The van der Waals surface area contributed by atoms with Crippen LogP contribution in [0.5, 0.6) is 0 Å². The number of anilines is 1. The molecule has 0 saturated carbocycles. The average Bonchev–Trinajstić information content (AvgIpc) is 2.26. The Hall–Kier alpha value is -1.23. The summed E-state index contributed by atoms with van der Waals surface area (Å²) in [5.41, 5.74) is -0.525. The molecule has 0 atom stereocenters. The highest BCUT2D eigenvalue weighted by Crippen LogP contribution is 2.25. The van der Waals surface area contributed by atoms with Gasteiger partial charge in [-0.2, -0.15) is 0 Å². The summed E-state index contributed by atoms with van der Waals surface area (Å²) >= 11 is 0. The van der Waals surface area contributed by atoms with Crippen molar-refractivity contribution in [2.75, 3.05) is 11.9 Å². The quantitative estimate of drug-likeness (QED) is 0.605. The minimum atomic E-state index is -1.29. The lowest BCUT2D eigenvalue weighted by molar-refractivity contribution is 0.273. The van der Waals surface area contributed by atoms with Gasteiger partial charge in [-0.25, -0.2) is 13.2 Å². The highest BCUT2D eigenvalue weighted by molar-refractivity contribution is 5.53. The van der Waals surface area contributed by atoms with Crippen LogP contribution in [0.4, 0.5) is 18.9 Å². The first-order chi connectivity index (χ1) is 7.61. The van der Waals surface area contributed by atoms with Crippen molar-refractivity contribution in [3.05, 3.63) is 29.1 Å². The average molecular weight is 233 g/mol. The van der Waals surface area contributed by atoms with E-state index < -0.39 is 24.1 Å². The van der Waals surface area contributed by atoms with Crippen molar-refractivity contribution in [2.45, 2.75) is 26.4 Å². The van der Waals surface area contributed by atoms with Gasteiger partial charge in [-0.1, -0.05) is 13.3 Å². The van der Waals surface area contributed by atoms with Crippen molar-refractivity contribution in [2.24, 2.45) is 0 Å². The van der Waals surface area contributed by atoms with Crippen molar-refractivity contribution < 1.29 is 18.3 Å². The molecule has 5 heteroatoms. The van der Waals surface area contributed by atoms with E-state index in [-0.39, 0.29) is 11.3 Å². The van der Waals surface area contributed by atoms with Gasteiger partial charge in [0.15, 0.2) is 11.6 Å². The van der Waals surface area contributed by atoms with Crippen molar-refractivity contribution in [1.82, 2.24) is 0 Å². The highest BCUT2D eigenvalue weighted by atomic mass is 19.2. The second-order valence-electron chi connectivity index (χ2n) is 3.45. The molecule has 1 aromatic carbocycles. The molecule has 0 spiro atoms. The van der Waals surface area contributed by atoms with Gasteiger partial charge in [-0.3, -0.25) is 0 Å². The Morgan fingerprint density at radius 1 is 1.25 bits per heavy atom. The number of benzene rings is 1. The van der Waals surface area contributed by atoms with E-state index in [1.54, 1.807) is 0 Å². The second-order valence-corrected chi connectivity index (χ2v) is 3.45. The molecule has 1 rings (SSSR count). The zero-order valence-corrected chi connectivity index (χ0v) is 8.99. The Labute approximate surface area is 92.1 Å². The largest absolute Gasteiger partial charge is 0.391 e. The van der Waals surface area contributed by atoms with E-state index in [2.05, 4.69) is 5.32 Å². The van der Waals surface area contributed by atoms with Gasteiger partial charge in [0.25, 0.3) is 0 Å². The monoisotopic (exact) mass is 233 g/mol. The van der Waals surface area contributed by atoms with E-state index in [4.69, 9.17) is 5.11 Å². The molecule has 1 aromatic rings. The zero-order chi connectivity index (χ0) is 12.1. The minimum absolute atomic E-state index is 0.158. The van der Waals surface area contributed by atoms with Gasteiger partial charge in [0.05, 0.1) is 12.3 Å². The highest BCUT2D eigenvalue weighted by Gasteiger charge is 2.17. The summed E-state index contributed by atoms with van der Waals surface area (Å²) in [6, 6.07) is 0.475. The summed E-state index contributed by atoms with van der Waals surface area (Å²) in [5.74, 6) is -3.38. The lowest BCUT2D eigenvalue weighted by atomic mass is 10.1. The molecule has 0 bridgehead atoms. The Morgan fingerprint density at radius 2 is 1.94 bits per heavy atom. The van der Waals surface area contributed by atoms with Crippen LogP contribution in [0.15, 0.2) is 6.07 Å². The molecule has 0 fully saturated rings.